The molecule has 0 aromatic carbocycles. The summed E-state index contributed by atoms with van der Waals surface area (Å²) in [6.45, 7) is 4.54. The van der Waals surface area contributed by atoms with Gasteiger partial charge in [0.05, 0.1) is 11.5 Å². The Kier molecular flexibility index (Phi) is 4.71. The van der Waals surface area contributed by atoms with Crippen molar-refractivity contribution in [2.45, 2.75) is 78.1 Å². The number of hydrogen-bond acceptors (Lipinski definition) is 1. The van der Waals surface area contributed by atoms with Gasteiger partial charge in [-0.05, 0) is 49.9 Å². The molecule has 2 fully saturated rings. The molecule has 0 amide bonds. The van der Waals surface area contributed by atoms with Gasteiger partial charge in [-0.3, -0.25) is 0 Å². The van der Waals surface area contributed by atoms with Crippen LogP contribution in [0.1, 0.15) is 78.1 Å². The van der Waals surface area contributed by atoms with Gasteiger partial charge in [0, 0.05) is 0 Å². The molecule has 1 heteroatoms. The highest BCUT2D eigenvalue weighted by Crippen LogP contribution is 2.47. The lowest BCUT2D eigenvalue weighted by atomic mass is 9.63. The second-order valence-corrected chi connectivity index (χ2v) is 6.79. The predicted octanol–water partition coefficient (Wildman–Crippen LogP) is 5.31. The first-order chi connectivity index (χ1) is 8.73. The van der Waals surface area contributed by atoms with Crippen molar-refractivity contribution < 1.29 is 0 Å². The van der Waals surface area contributed by atoms with E-state index in [1.807, 2.05) is 0 Å². The van der Waals surface area contributed by atoms with Gasteiger partial charge < -0.3 is 0 Å². The van der Waals surface area contributed by atoms with Crippen LogP contribution in [0.25, 0.3) is 0 Å². The van der Waals surface area contributed by atoms with Crippen LogP contribution in [0.5, 0.6) is 0 Å². The minimum atomic E-state index is 0.0323. The standard InChI is InChI=1S/C17H29N/c1-3-14-7-9-15(10-8-14)16-6-5-11-17(4-2,12-16)13-18/h14-16H,3-12H2,1-2H3/t14?,15?,16-,17+/m1/s1. The number of hydrogen-bond donors (Lipinski definition) is 0. The Morgan fingerprint density at radius 3 is 2.33 bits per heavy atom. The van der Waals surface area contributed by atoms with Crippen LogP contribution >= 0.6 is 0 Å². The van der Waals surface area contributed by atoms with Gasteiger partial charge in [-0.15, -0.1) is 0 Å². The number of rotatable bonds is 3. The fourth-order valence-corrected chi connectivity index (χ4v) is 4.38. The summed E-state index contributed by atoms with van der Waals surface area (Å²) in [6.07, 6.45) is 13.2. The first-order valence-corrected chi connectivity index (χ1v) is 8.14. The second-order valence-electron chi connectivity index (χ2n) is 6.79. The Bertz CT molecular complexity index is 295. The molecule has 2 saturated carbocycles. The summed E-state index contributed by atoms with van der Waals surface area (Å²) in [5, 5.41) is 9.49. The van der Waals surface area contributed by atoms with Crippen LogP contribution in [0.3, 0.4) is 0 Å². The summed E-state index contributed by atoms with van der Waals surface area (Å²) >= 11 is 0. The quantitative estimate of drug-likeness (QED) is 0.662. The molecule has 0 bridgehead atoms. The first-order valence-electron chi connectivity index (χ1n) is 8.14. The molecule has 2 aliphatic rings. The molecule has 0 spiro atoms. The van der Waals surface area contributed by atoms with E-state index in [9.17, 15) is 5.26 Å². The van der Waals surface area contributed by atoms with Gasteiger partial charge in [0.15, 0.2) is 0 Å². The third kappa shape index (κ3) is 2.90. The van der Waals surface area contributed by atoms with Crippen molar-refractivity contribution in [3.05, 3.63) is 0 Å². The molecular weight excluding hydrogens is 218 g/mol. The smallest absolute Gasteiger partial charge is 0.0689 e. The van der Waals surface area contributed by atoms with E-state index in [-0.39, 0.29) is 5.41 Å². The highest BCUT2D eigenvalue weighted by atomic mass is 14.4. The average Bonchev–Trinajstić information content (AvgIpc) is 2.47. The minimum absolute atomic E-state index is 0.0323. The number of nitriles is 1. The zero-order valence-corrected chi connectivity index (χ0v) is 12.3. The topological polar surface area (TPSA) is 23.8 Å². The first kappa shape index (κ1) is 13.9. The van der Waals surface area contributed by atoms with Crippen molar-refractivity contribution in [3.8, 4) is 6.07 Å². The summed E-state index contributed by atoms with van der Waals surface area (Å²) < 4.78 is 0. The maximum atomic E-state index is 9.49. The predicted molar refractivity (Wildman–Crippen MR) is 76.0 cm³/mol. The molecule has 0 heterocycles. The maximum Gasteiger partial charge on any atom is 0.0689 e. The van der Waals surface area contributed by atoms with E-state index in [1.54, 1.807) is 0 Å². The summed E-state index contributed by atoms with van der Waals surface area (Å²) in [5.41, 5.74) is 0.0323. The molecule has 2 rings (SSSR count). The lowest BCUT2D eigenvalue weighted by Gasteiger charge is -2.41. The van der Waals surface area contributed by atoms with Crippen molar-refractivity contribution >= 4 is 0 Å². The van der Waals surface area contributed by atoms with Crippen molar-refractivity contribution in [3.63, 3.8) is 0 Å². The van der Waals surface area contributed by atoms with Gasteiger partial charge in [0.1, 0.15) is 0 Å². The van der Waals surface area contributed by atoms with E-state index in [2.05, 4.69) is 19.9 Å². The van der Waals surface area contributed by atoms with Gasteiger partial charge in [-0.1, -0.05) is 46.0 Å². The van der Waals surface area contributed by atoms with Crippen molar-refractivity contribution in [2.24, 2.45) is 23.2 Å². The lowest BCUT2D eigenvalue weighted by molar-refractivity contribution is 0.108. The third-order valence-electron chi connectivity index (χ3n) is 5.93. The zero-order valence-electron chi connectivity index (χ0n) is 12.3. The van der Waals surface area contributed by atoms with Gasteiger partial charge in [-0.2, -0.15) is 5.26 Å². The average molecular weight is 247 g/mol. The van der Waals surface area contributed by atoms with E-state index in [4.69, 9.17) is 0 Å². The van der Waals surface area contributed by atoms with Crippen LogP contribution < -0.4 is 0 Å². The second kappa shape index (κ2) is 6.09. The molecule has 0 aromatic heterocycles. The molecule has 0 N–H and O–H groups in total. The Balaban J connectivity index is 1.92. The minimum Gasteiger partial charge on any atom is -0.198 e. The molecule has 0 unspecified atom stereocenters. The van der Waals surface area contributed by atoms with Gasteiger partial charge in [0.2, 0.25) is 0 Å². The van der Waals surface area contributed by atoms with Crippen molar-refractivity contribution in [2.75, 3.05) is 0 Å². The summed E-state index contributed by atoms with van der Waals surface area (Å²) in [7, 11) is 0. The third-order valence-corrected chi connectivity index (χ3v) is 5.93. The highest BCUT2D eigenvalue weighted by molar-refractivity contribution is 5.02. The molecular formula is C17H29N. The van der Waals surface area contributed by atoms with Crippen LogP contribution in [-0.4, -0.2) is 0 Å². The Morgan fingerprint density at radius 2 is 1.78 bits per heavy atom. The van der Waals surface area contributed by atoms with E-state index in [1.165, 1.54) is 51.4 Å². The van der Waals surface area contributed by atoms with Crippen LogP contribution in [0.4, 0.5) is 0 Å². The van der Waals surface area contributed by atoms with E-state index in [0.29, 0.717) is 0 Å². The van der Waals surface area contributed by atoms with E-state index in [0.717, 1.165) is 30.6 Å². The van der Waals surface area contributed by atoms with Crippen molar-refractivity contribution in [1.82, 2.24) is 0 Å². The zero-order chi connectivity index (χ0) is 13.0. The van der Waals surface area contributed by atoms with E-state index >= 15 is 0 Å². The largest absolute Gasteiger partial charge is 0.198 e. The summed E-state index contributed by atoms with van der Waals surface area (Å²) in [4.78, 5) is 0. The van der Waals surface area contributed by atoms with Crippen molar-refractivity contribution in [1.29, 1.82) is 5.26 Å². The SMILES string of the molecule is CCC1CCC([C@@H]2CCC[C@@](C#N)(CC)C2)CC1. The molecule has 1 nitrogen and oxygen atoms in total. The Labute approximate surface area is 113 Å². The fraction of sp³-hybridized carbons (Fsp3) is 0.941. The van der Waals surface area contributed by atoms with E-state index < -0.39 is 0 Å². The van der Waals surface area contributed by atoms with Gasteiger partial charge in [-0.25, -0.2) is 0 Å². The summed E-state index contributed by atoms with van der Waals surface area (Å²) in [5.74, 6) is 2.79. The van der Waals surface area contributed by atoms with Crippen LogP contribution in [0.15, 0.2) is 0 Å². The van der Waals surface area contributed by atoms with Crippen LogP contribution in [-0.2, 0) is 0 Å². The molecule has 2 atom stereocenters. The maximum absolute atomic E-state index is 9.49. The molecule has 18 heavy (non-hydrogen) atoms. The summed E-state index contributed by atoms with van der Waals surface area (Å²) in [6, 6.07) is 2.66. The highest BCUT2D eigenvalue weighted by Gasteiger charge is 2.38. The molecule has 0 saturated heterocycles. The molecule has 0 aliphatic heterocycles. The van der Waals surface area contributed by atoms with Crippen LogP contribution in [0, 0.1) is 34.5 Å². The fourth-order valence-electron chi connectivity index (χ4n) is 4.38. The Morgan fingerprint density at radius 1 is 1.06 bits per heavy atom. The van der Waals surface area contributed by atoms with Gasteiger partial charge >= 0.3 is 0 Å². The van der Waals surface area contributed by atoms with Gasteiger partial charge in [0.25, 0.3) is 0 Å². The monoisotopic (exact) mass is 247 g/mol. The molecule has 2 aliphatic carbocycles. The van der Waals surface area contributed by atoms with Crippen LogP contribution in [0.2, 0.25) is 0 Å². The normalized spacial score (nSPS) is 41.3. The molecule has 0 aromatic rings. The molecule has 102 valence electrons. The lowest BCUT2D eigenvalue weighted by Crippen LogP contribution is -2.32. The molecule has 0 radical (unpaired) electrons. The number of nitrogens with zero attached hydrogens (tertiary/aromatic N) is 1. The Hall–Kier alpha value is -0.510.